The second kappa shape index (κ2) is 9.07. The number of nitrogens with zero attached hydrogens (tertiary/aromatic N) is 3. The van der Waals surface area contributed by atoms with Gasteiger partial charge in [0.25, 0.3) is 0 Å². The van der Waals surface area contributed by atoms with E-state index in [4.69, 9.17) is 17.2 Å². The van der Waals surface area contributed by atoms with E-state index in [1.807, 2.05) is 24.4 Å². The van der Waals surface area contributed by atoms with Gasteiger partial charge < -0.3 is 14.8 Å². The molecule has 0 bridgehead atoms. The minimum absolute atomic E-state index is 0.0150. The van der Waals surface area contributed by atoms with Gasteiger partial charge in [0.05, 0.1) is 23.5 Å². The first kappa shape index (κ1) is 22.4. The number of para-hydroxylation sites is 2. The maximum Gasteiger partial charge on any atom is 0.174 e. The fourth-order valence-electron chi connectivity index (χ4n) is 5.29. The van der Waals surface area contributed by atoms with E-state index < -0.39 is 0 Å². The fraction of sp³-hybridized carbons (Fsp3) is 0.241. The highest BCUT2D eigenvalue weighted by Crippen LogP contribution is 2.44. The Bertz CT molecular complexity index is 1330. The molecule has 172 valence electrons. The minimum Gasteiger partial charge on any atom is -0.351 e. The molecule has 1 saturated heterocycles. The number of rotatable bonds is 5. The zero-order chi connectivity index (χ0) is 23.8. The lowest BCUT2D eigenvalue weighted by Gasteiger charge is -2.28. The third-order valence-electron chi connectivity index (χ3n) is 6.85. The Morgan fingerprint density at radius 3 is 2.41 bits per heavy atom. The van der Waals surface area contributed by atoms with Crippen LogP contribution in [0.1, 0.15) is 52.8 Å². The maximum atomic E-state index is 5.89. The van der Waals surface area contributed by atoms with E-state index in [1.165, 1.54) is 33.8 Å². The Labute approximate surface area is 207 Å². The summed E-state index contributed by atoms with van der Waals surface area (Å²) in [6.07, 6.45) is 2.84. The van der Waals surface area contributed by atoms with Crippen LogP contribution >= 0.6 is 12.2 Å². The molecule has 2 aromatic carbocycles. The third kappa shape index (κ3) is 3.70. The van der Waals surface area contributed by atoms with Crippen LogP contribution in [0, 0.1) is 20.8 Å². The van der Waals surface area contributed by atoms with Crippen LogP contribution in [-0.2, 0) is 6.42 Å². The number of benzene rings is 2. The van der Waals surface area contributed by atoms with E-state index in [0.717, 1.165) is 22.9 Å². The predicted octanol–water partition coefficient (Wildman–Crippen LogP) is 6.54. The van der Waals surface area contributed by atoms with Crippen LogP contribution in [0.15, 0.2) is 79.0 Å². The van der Waals surface area contributed by atoms with Gasteiger partial charge in [-0.05, 0) is 86.4 Å². The van der Waals surface area contributed by atoms with Gasteiger partial charge in [-0.15, -0.1) is 0 Å². The molecule has 2 aromatic heterocycles. The zero-order valence-electron chi connectivity index (χ0n) is 20.1. The van der Waals surface area contributed by atoms with Crippen LogP contribution in [-0.4, -0.2) is 14.7 Å². The van der Waals surface area contributed by atoms with Crippen molar-refractivity contribution in [1.82, 2.24) is 14.9 Å². The number of thiocarbonyl (C=S) groups is 1. The van der Waals surface area contributed by atoms with Crippen molar-refractivity contribution in [2.45, 2.75) is 46.2 Å². The van der Waals surface area contributed by atoms with Crippen LogP contribution in [0.3, 0.4) is 0 Å². The highest BCUT2D eigenvalue weighted by molar-refractivity contribution is 7.80. The second-order valence-corrected chi connectivity index (χ2v) is 9.32. The van der Waals surface area contributed by atoms with Crippen molar-refractivity contribution in [3.63, 3.8) is 0 Å². The monoisotopic (exact) mass is 466 g/mol. The first-order chi connectivity index (χ1) is 16.5. The molecule has 1 N–H and O–H groups in total. The average molecular weight is 467 g/mol. The smallest absolute Gasteiger partial charge is 0.174 e. The Morgan fingerprint density at radius 2 is 1.71 bits per heavy atom. The summed E-state index contributed by atoms with van der Waals surface area (Å²) >= 11 is 5.89. The Balaban J connectivity index is 1.71. The van der Waals surface area contributed by atoms with Crippen molar-refractivity contribution >= 4 is 23.0 Å². The van der Waals surface area contributed by atoms with Crippen LogP contribution in [0.4, 0.5) is 5.69 Å². The lowest BCUT2D eigenvalue weighted by Crippen LogP contribution is -2.29. The summed E-state index contributed by atoms with van der Waals surface area (Å²) in [4.78, 5) is 6.95. The summed E-state index contributed by atoms with van der Waals surface area (Å²) in [6, 6.07) is 25.3. The maximum absolute atomic E-state index is 5.89. The molecule has 4 aromatic rings. The molecule has 0 unspecified atom stereocenters. The molecular formula is C29H30N4S. The van der Waals surface area contributed by atoms with Crippen LogP contribution < -0.4 is 10.2 Å². The molecule has 1 fully saturated rings. The molecule has 1 aliphatic rings. The number of hydrogen-bond donors (Lipinski definition) is 1. The highest BCUT2D eigenvalue weighted by atomic mass is 32.1. The van der Waals surface area contributed by atoms with Crippen molar-refractivity contribution in [3.05, 3.63) is 113 Å². The van der Waals surface area contributed by atoms with Crippen LogP contribution in [0.25, 0.3) is 5.69 Å². The summed E-state index contributed by atoms with van der Waals surface area (Å²) in [5.41, 5.74) is 9.72. The summed E-state index contributed by atoms with van der Waals surface area (Å²) in [6.45, 7) is 8.85. The molecule has 5 rings (SSSR count). The molecule has 3 heterocycles. The number of aryl methyl sites for hydroxylation is 3. The summed E-state index contributed by atoms with van der Waals surface area (Å²) < 4.78 is 2.42. The fourth-order valence-corrected chi connectivity index (χ4v) is 5.64. The van der Waals surface area contributed by atoms with Gasteiger partial charge >= 0.3 is 0 Å². The molecule has 4 nitrogen and oxygen atoms in total. The summed E-state index contributed by atoms with van der Waals surface area (Å²) in [5.74, 6) is 0. The van der Waals surface area contributed by atoms with Gasteiger partial charge in [-0.1, -0.05) is 49.4 Å². The largest absolute Gasteiger partial charge is 0.351 e. The van der Waals surface area contributed by atoms with Crippen LogP contribution in [0.5, 0.6) is 0 Å². The van der Waals surface area contributed by atoms with Crippen molar-refractivity contribution in [2.24, 2.45) is 0 Å². The molecule has 34 heavy (non-hydrogen) atoms. The van der Waals surface area contributed by atoms with Gasteiger partial charge in [-0.2, -0.15) is 0 Å². The van der Waals surface area contributed by atoms with E-state index in [0.29, 0.717) is 0 Å². The third-order valence-corrected chi connectivity index (χ3v) is 7.16. The van der Waals surface area contributed by atoms with E-state index in [2.05, 4.69) is 97.1 Å². The predicted molar refractivity (Wildman–Crippen MR) is 144 cm³/mol. The number of aromatic nitrogens is 2. The van der Waals surface area contributed by atoms with Crippen molar-refractivity contribution in [1.29, 1.82) is 0 Å². The standard InChI is InChI=1S/C29H30N4S/c1-5-22-13-11-12-19(2)27(22)32-20(3)18-24(21(32)4)28-26(25-16-9-10-17-30-25)31-29(34)33(28)23-14-7-6-8-15-23/h6-18,26,28H,5H2,1-4H3,(H,31,34)/t26-,28+/m1/s1. The van der Waals surface area contributed by atoms with Crippen molar-refractivity contribution < 1.29 is 0 Å². The average Bonchev–Trinajstić information content (AvgIpc) is 3.35. The first-order valence-electron chi connectivity index (χ1n) is 11.8. The lowest BCUT2D eigenvalue weighted by molar-refractivity contribution is 0.565. The number of nitrogens with one attached hydrogen (secondary N) is 1. The van der Waals surface area contributed by atoms with E-state index in [9.17, 15) is 0 Å². The molecule has 0 aliphatic carbocycles. The van der Waals surface area contributed by atoms with E-state index in [1.54, 1.807) is 0 Å². The van der Waals surface area contributed by atoms with Gasteiger partial charge in [0.15, 0.2) is 5.11 Å². The molecule has 0 spiro atoms. The molecule has 0 radical (unpaired) electrons. The van der Waals surface area contributed by atoms with Gasteiger partial charge in [0.1, 0.15) is 0 Å². The molecular weight excluding hydrogens is 436 g/mol. The highest BCUT2D eigenvalue weighted by Gasteiger charge is 2.42. The van der Waals surface area contributed by atoms with Gasteiger partial charge in [-0.3, -0.25) is 4.98 Å². The normalized spacial score (nSPS) is 17.8. The SMILES string of the molecule is CCc1cccc(C)c1-n1c(C)cc([C@H]2[C@@H](c3ccccn3)NC(=S)N2c2ccccc2)c1C. The molecule has 5 heteroatoms. The molecule has 1 aliphatic heterocycles. The Hall–Kier alpha value is -3.44. The Morgan fingerprint density at radius 1 is 0.941 bits per heavy atom. The number of anilines is 1. The second-order valence-electron chi connectivity index (χ2n) is 8.93. The number of pyridine rings is 1. The minimum atomic E-state index is -0.0506. The number of hydrogen-bond acceptors (Lipinski definition) is 2. The lowest BCUT2D eigenvalue weighted by atomic mass is 9.96. The van der Waals surface area contributed by atoms with Crippen molar-refractivity contribution in [3.8, 4) is 5.69 Å². The topological polar surface area (TPSA) is 33.1 Å². The summed E-state index contributed by atoms with van der Waals surface area (Å²) in [5, 5.41) is 4.31. The van der Waals surface area contributed by atoms with Crippen molar-refractivity contribution in [2.75, 3.05) is 4.90 Å². The van der Waals surface area contributed by atoms with Crippen LogP contribution in [0.2, 0.25) is 0 Å². The quantitative estimate of drug-likeness (QED) is 0.339. The van der Waals surface area contributed by atoms with E-state index in [-0.39, 0.29) is 12.1 Å². The van der Waals surface area contributed by atoms with E-state index >= 15 is 0 Å². The molecule has 2 atom stereocenters. The zero-order valence-corrected chi connectivity index (χ0v) is 20.9. The Kier molecular flexibility index (Phi) is 5.96. The van der Waals surface area contributed by atoms with Gasteiger partial charge in [-0.25, -0.2) is 0 Å². The summed E-state index contributed by atoms with van der Waals surface area (Å²) in [7, 11) is 0. The molecule has 0 amide bonds. The first-order valence-corrected chi connectivity index (χ1v) is 12.3. The van der Waals surface area contributed by atoms with Gasteiger partial charge in [0, 0.05) is 23.3 Å². The van der Waals surface area contributed by atoms with Gasteiger partial charge in [0.2, 0.25) is 0 Å². The molecule has 0 saturated carbocycles.